The van der Waals surface area contributed by atoms with Crippen LogP contribution in [-0.2, 0) is 4.79 Å². The van der Waals surface area contributed by atoms with E-state index in [1.807, 2.05) is 45.0 Å². The van der Waals surface area contributed by atoms with Crippen molar-refractivity contribution in [3.63, 3.8) is 0 Å². The molecular weight excluding hydrogens is 274 g/mol. The van der Waals surface area contributed by atoms with Crippen molar-refractivity contribution >= 4 is 17.7 Å². The van der Waals surface area contributed by atoms with Gasteiger partial charge in [0.1, 0.15) is 5.75 Å². The molecule has 0 saturated heterocycles. The Bertz CT molecular complexity index is 406. The Morgan fingerprint density at radius 1 is 1.35 bits per heavy atom. The Morgan fingerprint density at radius 2 is 2.00 bits per heavy atom. The lowest BCUT2D eigenvalue weighted by Crippen LogP contribution is -2.35. The lowest BCUT2D eigenvalue weighted by atomic mass is 10.1. The normalized spacial score (nSPS) is 12.2. The summed E-state index contributed by atoms with van der Waals surface area (Å²) >= 11 is 1.47. The van der Waals surface area contributed by atoms with E-state index in [0.717, 1.165) is 10.6 Å². The SMILES string of the molecule is CCOc1ccc(SCC(=O)NCC(O)C(C)C)cc1. The summed E-state index contributed by atoms with van der Waals surface area (Å²) in [5.74, 6) is 1.26. The number of benzene rings is 1. The van der Waals surface area contributed by atoms with Gasteiger partial charge >= 0.3 is 0 Å². The maximum atomic E-state index is 11.6. The molecule has 0 radical (unpaired) electrons. The number of carbonyl (C=O) groups is 1. The van der Waals surface area contributed by atoms with Crippen molar-refractivity contribution in [3.8, 4) is 5.75 Å². The van der Waals surface area contributed by atoms with Gasteiger partial charge in [0.05, 0.1) is 18.5 Å². The molecule has 5 heteroatoms. The lowest BCUT2D eigenvalue weighted by Gasteiger charge is -2.14. The van der Waals surface area contributed by atoms with Crippen molar-refractivity contribution in [1.82, 2.24) is 5.32 Å². The fourth-order valence-corrected chi connectivity index (χ4v) is 2.18. The molecule has 0 aliphatic heterocycles. The molecule has 1 atom stereocenters. The molecule has 0 aliphatic rings. The molecule has 0 fully saturated rings. The molecule has 4 nitrogen and oxygen atoms in total. The van der Waals surface area contributed by atoms with E-state index in [4.69, 9.17) is 4.74 Å². The molecule has 112 valence electrons. The van der Waals surface area contributed by atoms with Crippen molar-refractivity contribution in [2.45, 2.75) is 31.8 Å². The minimum atomic E-state index is -0.491. The molecular formula is C15H23NO3S. The van der Waals surface area contributed by atoms with E-state index in [1.54, 1.807) is 0 Å². The van der Waals surface area contributed by atoms with Crippen LogP contribution < -0.4 is 10.1 Å². The summed E-state index contributed by atoms with van der Waals surface area (Å²) < 4.78 is 5.36. The Kier molecular flexibility index (Phi) is 7.47. The zero-order valence-electron chi connectivity index (χ0n) is 12.3. The van der Waals surface area contributed by atoms with Gasteiger partial charge in [-0.15, -0.1) is 11.8 Å². The van der Waals surface area contributed by atoms with Crippen LogP contribution in [0.4, 0.5) is 0 Å². The van der Waals surface area contributed by atoms with Crippen molar-refractivity contribution in [2.24, 2.45) is 5.92 Å². The lowest BCUT2D eigenvalue weighted by molar-refractivity contribution is -0.119. The second-order valence-corrected chi connectivity index (χ2v) is 5.86. The molecule has 1 aromatic carbocycles. The van der Waals surface area contributed by atoms with Gasteiger partial charge < -0.3 is 15.2 Å². The number of hydrogen-bond acceptors (Lipinski definition) is 4. The maximum absolute atomic E-state index is 11.6. The highest BCUT2D eigenvalue weighted by atomic mass is 32.2. The van der Waals surface area contributed by atoms with Crippen LogP contribution in [0.3, 0.4) is 0 Å². The fraction of sp³-hybridized carbons (Fsp3) is 0.533. The Morgan fingerprint density at radius 3 is 2.55 bits per heavy atom. The van der Waals surface area contributed by atoms with Gasteiger partial charge in [-0.25, -0.2) is 0 Å². The zero-order valence-corrected chi connectivity index (χ0v) is 13.1. The second kappa shape index (κ2) is 8.87. The van der Waals surface area contributed by atoms with Crippen LogP contribution in [0.2, 0.25) is 0 Å². The van der Waals surface area contributed by atoms with E-state index in [9.17, 15) is 9.90 Å². The Balaban J connectivity index is 2.30. The minimum absolute atomic E-state index is 0.0661. The Hall–Kier alpha value is -1.20. The first-order valence-electron chi connectivity index (χ1n) is 6.83. The van der Waals surface area contributed by atoms with Crippen molar-refractivity contribution < 1.29 is 14.6 Å². The smallest absolute Gasteiger partial charge is 0.230 e. The van der Waals surface area contributed by atoms with Gasteiger partial charge in [0.15, 0.2) is 0 Å². The van der Waals surface area contributed by atoms with Crippen LogP contribution >= 0.6 is 11.8 Å². The average Bonchev–Trinajstić information content (AvgIpc) is 2.44. The highest BCUT2D eigenvalue weighted by Gasteiger charge is 2.10. The summed E-state index contributed by atoms with van der Waals surface area (Å²) in [6, 6.07) is 7.66. The van der Waals surface area contributed by atoms with E-state index in [2.05, 4.69) is 5.32 Å². The number of rotatable bonds is 8. The predicted octanol–water partition coefficient (Wildman–Crippen LogP) is 2.31. The molecule has 0 bridgehead atoms. The van der Waals surface area contributed by atoms with E-state index < -0.39 is 6.10 Å². The van der Waals surface area contributed by atoms with Gasteiger partial charge in [0.25, 0.3) is 0 Å². The van der Waals surface area contributed by atoms with Crippen LogP contribution in [0.15, 0.2) is 29.2 Å². The molecule has 1 aromatic rings. The molecule has 0 spiro atoms. The van der Waals surface area contributed by atoms with Gasteiger partial charge in [-0.3, -0.25) is 4.79 Å². The molecule has 1 unspecified atom stereocenters. The van der Waals surface area contributed by atoms with Gasteiger partial charge in [-0.1, -0.05) is 13.8 Å². The largest absolute Gasteiger partial charge is 0.494 e. The zero-order chi connectivity index (χ0) is 15.0. The summed E-state index contributed by atoms with van der Waals surface area (Å²) in [6.07, 6.45) is -0.491. The van der Waals surface area contributed by atoms with Gasteiger partial charge in [0, 0.05) is 11.4 Å². The summed E-state index contributed by atoms with van der Waals surface area (Å²) in [6.45, 7) is 6.74. The van der Waals surface area contributed by atoms with Gasteiger partial charge in [-0.2, -0.15) is 0 Å². The van der Waals surface area contributed by atoms with Crippen molar-refractivity contribution in [1.29, 1.82) is 0 Å². The number of amides is 1. The molecule has 0 aromatic heterocycles. The number of aliphatic hydroxyl groups is 1. The van der Waals surface area contributed by atoms with E-state index >= 15 is 0 Å². The van der Waals surface area contributed by atoms with Crippen LogP contribution in [0, 0.1) is 5.92 Å². The molecule has 2 N–H and O–H groups in total. The molecule has 0 heterocycles. The third-order valence-electron chi connectivity index (χ3n) is 2.78. The second-order valence-electron chi connectivity index (χ2n) is 4.81. The monoisotopic (exact) mass is 297 g/mol. The van der Waals surface area contributed by atoms with Crippen LogP contribution in [-0.4, -0.2) is 36.0 Å². The highest BCUT2D eigenvalue weighted by Crippen LogP contribution is 2.21. The van der Waals surface area contributed by atoms with Crippen LogP contribution in [0.5, 0.6) is 5.75 Å². The summed E-state index contributed by atoms with van der Waals surface area (Å²) in [5.41, 5.74) is 0. The van der Waals surface area contributed by atoms with Crippen LogP contribution in [0.25, 0.3) is 0 Å². The molecule has 0 saturated carbocycles. The number of hydrogen-bond donors (Lipinski definition) is 2. The van der Waals surface area contributed by atoms with Crippen molar-refractivity contribution in [2.75, 3.05) is 18.9 Å². The standard InChI is InChI=1S/C15H23NO3S/c1-4-19-12-5-7-13(8-6-12)20-10-15(18)16-9-14(17)11(2)3/h5-8,11,14,17H,4,9-10H2,1-3H3,(H,16,18). The van der Waals surface area contributed by atoms with E-state index in [-0.39, 0.29) is 11.8 Å². The summed E-state index contributed by atoms with van der Waals surface area (Å²) in [5, 5.41) is 12.3. The van der Waals surface area contributed by atoms with E-state index in [0.29, 0.717) is 18.9 Å². The van der Waals surface area contributed by atoms with E-state index in [1.165, 1.54) is 11.8 Å². The van der Waals surface area contributed by atoms with Gasteiger partial charge in [0.2, 0.25) is 5.91 Å². The third kappa shape index (κ3) is 6.30. The predicted molar refractivity (Wildman–Crippen MR) is 82.2 cm³/mol. The molecule has 20 heavy (non-hydrogen) atoms. The van der Waals surface area contributed by atoms with Crippen LogP contribution in [0.1, 0.15) is 20.8 Å². The topological polar surface area (TPSA) is 58.6 Å². The first-order chi connectivity index (χ1) is 9.52. The minimum Gasteiger partial charge on any atom is -0.494 e. The number of thioether (sulfide) groups is 1. The fourth-order valence-electron chi connectivity index (χ4n) is 1.45. The average molecular weight is 297 g/mol. The molecule has 1 rings (SSSR count). The first kappa shape index (κ1) is 16.9. The highest BCUT2D eigenvalue weighted by molar-refractivity contribution is 8.00. The van der Waals surface area contributed by atoms with Gasteiger partial charge in [-0.05, 0) is 37.1 Å². The number of ether oxygens (including phenoxy) is 1. The Labute approximate surface area is 124 Å². The number of carbonyl (C=O) groups excluding carboxylic acids is 1. The van der Waals surface area contributed by atoms with Crippen molar-refractivity contribution in [3.05, 3.63) is 24.3 Å². The number of nitrogens with one attached hydrogen (secondary N) is 1. The first-order valence-corrected chi connectivity index (χ1v) is 7.82. The summed E-state index contributed by atoms with van der Waals surface area (Å²) in [7, 11) is 0. The quantitative estimate of drug-likeness (QED) is 0.723. The molecule has 1 amide bonds. The maximum Gasteiger partial charge on any atom is 0.230 e. The third-order valence-corrected chi connectivity index (χ3v) is 3.79. The number of aliphatic hydroxyl groups excluding tert-OH is 1. The summed E-state index contributed by atoms with van der Waals surface area (Å²) in [4.78, 5) is 12.7. The molecule has 0 aliphatic carbocycles.